The normalized spacial score (nSPS) is 12.1. The van der Waals surface area contributed by atoms with E-state index < -0.39 is 29.6 Å². The summed E-state index contributed by atoms with van der Waals surface area (Å²) in [5.74, 6) is -1.43. The van der Waals surface area contributed by atoms with E-state index in [1.807, 2.05) is 0 Å². The molecule has 1 unspecified atom stereocenters. The van der Waals surface area contributed by atoms with E-state index in [0.29, 0.717) is 11.3 Å². The molecule has 0 aliphatic heterocycles. The number of benzene rings is 1. The second kappa shape index (κ2) is 9.21. The van der Waals surface area contributed by atoms with E-state index in [4.69, 9.17) is 18.9 Å². The van der Waals surface area contributed by atoms with E-state index in [-0.39, 0.29) is 11.7 Å². The average Bonchev–Trinajstić information content (AvgIpc) is 2.58. The Hall–Kier alpha value is -2.83. The van der Waals surface area contributed by atoms with Crippen LogP contribution in [0.2, 0.25) is 0 Å². The maximum Gasteiger partial charge on any atom is 0.350 e. The monoisotopic (exact) mass is 378 g/mol. The second-order valence-corrected chi connectivity index (χ2v) is 6.65. The SMILES string of the molecule is C=CC(OC(=O)C(C)(C)OC(C)=O)c1ccc(OC(=O)C(C)C)c(OC)c1. The van der Waals surface area contributed by atoms with Gasteiger partial charge in [0, 0.05) is 12.5 Å². The fourth-order valence-corrected chi connectivity index (χ4v) is 2.08. The molecule has 7 heteroatoms. The molecule has 1 aromatic rings. The van der Waals surface area contributed by atoms with Crippen LogP contribution >= 0.6 is 0 Å². The summed E-state index contributed by atoms with van der Waals surface area (Å²) in [6.07, 6.45) is 0.618. The fourth-order valence-electron chi connectivity index (χ4n) is 2.08. The molecule has 0 bridgehead atoms. The van der Waals surface area contributed by atoms with Gasteiger partial charge in [0.2, 0.25) is 5.60 Å². The van der Waals surface area contributed by atoms with Gasteiger partial charge in [0.1, 0.15) is 6.10 Å². The summed E-state index contributed by atoms with van der Waals surface area (Å²) < 4.78 is 20.9. The van der Waals surface area contributed by atoms with E-state index >= 15 is 0 Å². The molecule has 0 heterocycles. The summed E-state index contributed by atoms with van der Waals surface area (Å²) in [4.78, 5) is 35.3. The average molecular weight is 378 g/mol. The van der Waals surface area contributed by atoms with Crippen molar-refractivity contribution in [3.63, 3.8) is 0 Å². The van der Waals surface area contributed by atoms with Gasteiger partial charge >= 0.3 is 17.9 Å². The van der Waals surface area contributed by atoms with Gasteiger partial charge in [0.25, 0.3) is 0 Å². The molecular weight excluding hydrogens is 352 g/mol. The molecule has 148 valence electrons. The maximum absolute atomic E-state index is 12.3. The lowest BCUT2D eigenvalue weighted by atomic mass is 10.1. The fraction of sp³-hybridized carbons (Fsp3) is 0.450. The molecule has 1 aromatic carbocycles. The van der Waals surface area contributed by atoms with Crippen molar-refractivity contribution in [3.8, 4) is 11.5 Å². The summed E-state index contributed by atoms with van der Waals surface area (Å²) in [7, 11) is 1.44. The number of esters is 3. The molecule has 0 N–H and O–H groups in total. The van der Waals surface area contributed by atoms with Gasteiger partial charge in [-0.2, -0.15) is 0 Å². The topological polar surface area (TPSA) is 88.1 Å². The van der Waals surface area contributed by atoms with Crippen LogP contribution in [0.3, 0.4) is 0 Å². The Morgan fingerprint density at radius 2 is 1.78 bits per heavy atom. The Morgan fingerprint density at radius 1 is 1.15 bits per heavy atom. The van der Waals surface area contributed by atoms with Gasteiger partial charge in [0.15, 0.2) is 11.5 Å². The van der Waals surface area contributed by atoms with Crippen LogP contribution in [0.25, 0.3) is 0 Å². The molecule has 0 aliphatic carbocycles. The lowest BCUT2D eigenvalue weighted by Crippen LogP contribution is -2.38. The maximum atomic E-state index is 12.3. The van der Waals surface area contributed by atoms with Crippen LogP contribution in [-0.4, -0.2) is 30.6 Å². The van der Waals surface area contributed by atoms with E-state index in [9.17, 15) is 14.4 Å². The van der Waals surface area contributed by atoms with E-state index in [0.717, 1.165) is 0 Å². The smallest absolute Gasteiger partial charge is 0.350 e. The number of carbonyl (C=O) groups excluding carboxylic acids is 3. The highest BCUT2D eigenvalue weighted by Crippen LogP contribution is 2.33. The minimum Gasteiger partial charge on any atom is -0.493 e. The highest BCUT2D eigenvalue weighted by Gasteiger charge is 2.34. The van der Waals surface area contributed by atoms with Crippen LogP contribution in [0.5, 0.6) is 11.5 Å². The van der Waals surface area contributed by atoms with Crippen molar-refractivity contribution in [1.29, 1.82) is 0 Å². The zero-order valence-electron chi connectivity index (χ0n) is 16.5. The Balaban J connectivity index is 3.05. The van der Waals surface area contributed by atoms with Gasteiger partial charge in [-0.3, -0.25) is 9.59 Å². The van der Waals surface area contributed by atoms with Crippen LogP contribution in [0.1, 0.15) is 46.3 Å². The lowest BCUT2D eigenvalue weighted by molar-refractivity contribution is -0.179. The van der Waals surface area contributed by atoms with Crippen molar-refractivity contribution in [2.24, 2.45) is 5.92 Å². The third-order valence-corrected chi connectivity index (χ3v) is 3.54. The van der Waals surface area contributed by atoms with Gasteiger partial charge in [-0.15, -0.1) is 0 Å². The summed E-state index contributed by atoms with van der Waals surface area (Å²) in [6.45, 7) is 11.2. The van der Waals surface area contributed by atoms with Crippen molar-refractivity contribution in [2.45, 2.75) is 46.3 Å². The number of ether oxygens (including phenoxy) is 4. The van der Waals surface area contributed by atoms with Gasteiger partial charge in [0.05, 0.1) is 13.0 Å². The van der Waals surface area contributed by atoms with E-state index in [2.05, 4.69) is 6.58 Å². The molecular formula is C20H26O7. The molecule has 0 fully saturated rings. The van der Waals surface area contributed by atoms with Crippen LogP contribution in [0.15, 0.2) is 30.9 Å². The third kappa shape index (κ3) is 6.13. The summed E-state index contributed by atoms with van der Waals surface area (Å²) in [6, 6.07) is 4.77. The Labute approximate surface area is 159 Å². The van der Waals surface area contributed by atoms with Crippen molar-refractivity contribution in [2.75, 3.05) is 7.11 Å². The van der Waals surface area contributed by atoms with Crippen molar-refractivity contribution in [1.82, 2.24) is 0 Å². The third-order valence-electron chi connectivity index (χ3n) is 3.54. The van der Waals surface area contributed by atoms with Crippen molar-refractivity contribution < 1.29 is 33.3 Å². The number of carbonyl (C=O) groups is 3. The minimum absolute atomic E-state index is 0.259. The first kappa shape index (κ1) is 22.2. The summed E-state index contributed by atoms with van der Waals surface area (Å²) in [5, 5.41) is 0. The zero-order valence-corrected chi connectivity index (χ0v) is 16.5. The predicted molar refractivity (Wildman–Crippen MR) is 98.3 cm³/mol. The van der Waals surface area contributed by atoms with Gasteiger partial charge < -0.3 is 18.9 Å². The standard InChI is InChI=1S/C20H26O7/c1-8-15(26-19(23)20(5,6)27-13(4)21)14-9-10-16(17(11-14)24-7)25-18(22)12(2)3/h8-12,15H,1H2,2-7H3. The molecule has 0 saturated heterocycles. The summed E-state index contributed by atoms with van der Waals surface area (Å²) >= 11 is 0. The molecule has 0 spiro atoms. The first-order valence-corrected chi connectivity index (χ1v) is 8.44. The molecule has 1 rings (SSSR count). The van der Waals surface area contributed by atoms with Gasteiger partial charge in [-0.1, -0.05) is 26.5 Å². The highest BCUT2D eigenvalue weighted by atomic mass is 16.6. The van der Waals surface area contributed by atoms with Crippen molar-refractivity contribution >= 4 is 17.9 Å². The Bertz CT molecular complexity index is 719. The summed E-state index contributed by atoms with van der Waals surface area (Å²) in [5.41, 5.74) is -0.887. The van der Waals surface area contributed by atoms with Gasteiger partial charge in [-0.25, -0.2) is 4.79 Å². The number of hydrogen-bond acceptors (Lipinski definition) is 7. The second-order valence-electron chi connectivity index (χ2n) is 6.65. The molecule has 0 amide bonds. The molecule has 0 aromatic heterocycles. The zero-order chi connectivity index (χ0) is 20.8. The molecule has 0 aliphatic rings. The number of hydrogen-bond donors (Lipinski definition) is 0. The van der Waals surface area contributed by atoms with E-state index in [1.54, 1.807) is 32.0 Å². The van der Waals surface area contributed by atoms with Gasteiger partial charge in [-0.05, 0) is 32.1 Å². The van der Waals surface area contributed by atoms with E-state index in [1.165, 1.54) is 34.0 Å². The number of rotatable bonds is 8. The molecule has 0 saturated carbocycles. The molecule has 0 radical (unpaired) electrons. The van der Waals surface area contributed by atoms with Crippen LogP contribution in [0, 0.1) is 5.92 Å². The highest BCUT2D eigenvalue weighted by molar-refractivity contribution is 5.82. The Morgan fingerprint density at radius 3 is 2.26 bits per heavy atom. The quantitative estimate of drug-likeness (QED) is 0.389. The van der Waals surface area contributed by atoms with Crippen LogP contribution < -0.4 is 9.47 Å². The molecule has 7 nitrogen and oxygen atoms in total. The largest absolute Gasteiger partial charge is 0.493 e. The molecule has 27 heavy (non-hydrogen) atoms. The predicted octanol–water partition coefficient (Wildman–Crippen LogP) is 3.37. The minimum atomic E-state index is -1.44. The first-order valence-electron chi connectivity index (χ1n) is 8.44. The lowest BCUT2D eigenvalue weighted by Gasteiger charge is -2.25. The number of methoxy groups -OCH3 is 1. The van der Waals surface area contributed by atoms with Crippen LogP contribution in [0.4, 0.5) is 0 Å². The van der Waals surface area contributed by atoms with Crippen LogP contribution in [-0.2, 0) is 23.9 Å². The van der Waals surface area contributed by atoms with Crippen molar-refractivity contribution in [3.05, 3.63) is 36.4 Å². The Kier molecular flexibility index (Phi) is 7.57. The molecule has 1 atom stereocenters. The first-order chi connectivity index (χ1) is 12.5.